The highest BCUT2D eigenvalue weighted by Crippen LogP contribution is 2.25. The van der Waals surface area contributed by atoms with E-state index in [1.54, 1.807) is 0 Å². The topological polar surface area (TPSA) is 12.0 Å². The van der Waals surface area contributed by atoms with Crippen molar-refractivity contribution in [3.8, 4) is 0 Å². The van der Waals surface area contributed by atoms with Crippen molar-refractivity contribution < 1.29 is 0 Å². The first kappa shape index (κ1) is 13.6. The van der Waals surface area contributed by atoms with Crippen molar-refractivity contribution in [2.24, 2.45) is 0 Å². The summed E-state index contributed by atoms with van der Waals surface area (Å²) in [5.41, 5.74) is 2.47. The Morgan fingerprint density at radius 3 is 2.44 bits per heavy atom. The molecular formula is C15H15BrClN. The minimum absolute atomic E-state index is 0.199. The van der Waals surface area contributed by atoms with Crippen LogP contribution in [0.25, 0.3) is 0 Å². The van der Waals surface area contributed by atoms with Crippen molar-refractivity contribution in [3.05, 3.63) is 69.2 Å². The van der Waals surface area contributed by atoms with Crippen LogP contribution < -0.4 is 5.32 Å². The molecule has 0 radical (unpaired) electrons. The van der Waals surface area contributed by atoms with E-state index < -0.39 is 0 Å². The first-order valence-electron chi connectivity index (χ1n) is 5.95. The normalized spacial score (nSPS) is 12.4. The van der Waals surface area contributed by atoms with E-state index in [4.69, 9.17) is 11.6 Å². The summed E-state index contributed by atoms with van der Waals surface area (Å²) in [5, 5.41) is 4.26. The van der Waals surface area contributed by atoms with Crippen LogP contribution in [0.15, 0.2) is 53.0 Å². The lowest BCUT2D eigenvalue weighted by Gasteiger charge is -2.19. The molecule has 1 nitrogen and oxygen atoms in total. The molecule has 2 aromatic carbocycles. The molecular weight excluding hydrogens is 310 g/mol. The van der Waals surface area contributed by atoms with Crippen molar-refractivity contribution in [1.29, 1.82) is 0 Å². The molecule has 94 valence electrons. The van der Waals surface area contributed by atoms with Gasteiger partial charge in [-0.05, 0) is 41.9 Å². The Kier molecular flexibility index (Phi) is 4.81. The van der Waals surface area contributed by atoms with E-state index >= 15 is 0 Å². The lowest BCUT2D eigenvalue weighted by molar-refractivity contribution is 0.630. The van der Waals surface area contributed by atoms with Crippen LogP contribution in [0.3, 0.4) is 0 Å². The van der Waals surface area contributed by atoms with E-state index in [1.807, 2.05) is 18.2 Å². The maximum Gasteiger partial charge on any atom is 0.0577 e. The zero-order valence-corrected chi connectivity index (χ0v) is 12.5. The molecule has 0 aliphatic heterocycles. The first-order chi connectivity index (χ1) is 8.70. The Bertz CT molecular complexity index is 510. The second-order valence-electron chi connectivity index (χ2n) is 4.10. The fourth-order valence-electron chi connectivity index (χ4n) is 1.97. The molecule has 2 aromatic rings. The zero-order valence-electron chi connectivity index (χ0n) is 10.2. The molecule has 0 spiro atoms. The maximum atomic E-state index is 5.94. The average molecular weight is 325 g/mol. The second-order valence-corrected chi connectivity index (χ2v) is 5.45. The summed E-state index contributed by atoms with van der Waals surface area (Å²) in [6, 6.07) is 16.6. The van der Waals surface area contributed by atoms with Crippen molar-refractivity contribution in [2.45, 2.75) is 13.0 Å². The summed E-state index contributed by atoms with van der Waals surface area (Å²) in [6.45, 7) is 3.03. The van der Waals surface area contributed by atoms with Gasteiger partial charge in [-0.1, -0.05) is 58.7 Å². The molecule has 0 aliphatic carbocycles. The molecule has 0 heterocycles. The summed E-state index contributed by atoms with van der Waals surface area (Å²) in [6.07, 6.45) is 0. The lowest BCUT2D eigenvalue weighted by Crippen LogP contribution is -2.21. The third-order valence-electron chi connectivity index (χ3n) is 2.79. The molecule has 18 heavy (non-hydrogen) atoms. The molecule has 0 saturated carbocycles. The van der Waals surface area contributed by atoms with E-state index in [0.717, 1.165) is 16.0 Å². The van der Waals surface area contributed by atoms with Crippen molar-refractivity contribution >= 4 is 27.5 Å². The highest BCUT2D eigenvalue weighted by Gasteiger charge is 2.12. The van der Waals surface area contributed by atoms with Gasteiger partial charge >= 0.3 is 0 Å². The number of hydrogen-bond donors (Lipinski definition) is 1. The van der Waals surface area contributed by atoms with Gasteiger partial charge in [-0.25, -0.2) is 0 Å². The molecule has 0 saturated heterocycles. The summed E-state index contributed by atoms with van der Waals surface area (Å²) in [7, 11) is 0. The summed E-state index contributed by atoms with van der Waals surface area (Å²) in [5.74, 6) is 0. The van der Waals surface area contributed by atoms with Gasteiger partial charge in [0.05, 0.1) is 6.04 Å². The summed E-state index contributed by atoms with van der Waals surface area (Å²) in [4.78, 5) is 0. The molecule has 0 amide bonds. The van der Waals surface area contributed by atoms with Crippen LogP contribution in [0.4, 0.5) is 0 Å². The SMILES string of the molecule is CCNC(c1ccc(Cl)cc1)c1cccc(Br)c1. The van der Waals surface area contributed by atoms with Gasteiger partial charge in [0.25, 0.3) is 0 Å². The average Bonchev–Trinajstić information content (AvgIpc) is 2.37. The smallest absolute Gasteiger partial charge is 0.0577 e. The maximum absolute atomic E-state index is 5.94. The number of rotatable bonds is 4. The van der Waals surface area contributed by atoms with E-state index in [2.05, 4.69) is 58.5 Å². The van der Waals surface area contributed by atoms with Crippen LogP contribution >= 0.6 is 27.5 Å². The predicted octanol–water partition coefficient (Wildman–Crippen LogP) is 4.80. The van der Waals surface area contributed by atoms with Gasteiger partial charge in [-0.3, -0.25) is 0 Å². The first-order valence-corrected chi connectivity index (χ1v) is 7.12. The highest BCUT2D eigenvalue weighted by atomic mass is 79.9. The summed E-state index contributed by atoms with van der Waals surface area (Å²) < 4.78 is 1.09. The monoisotopic (exact) mass is 323 g/mol. The zero-order chi connectivity index (χ0) is 13.0. The van der Waals surface area contributed by atoms with Crippen molar-refractivity contribution in [1.82, 2.24) is 5.32 Å². The molecule has 3 heteroatoms. The van der Waals surface area contributed by atoms with Crippen LogP contribution in [-0.2, 0) is 0 Å². The third kappa shape index (κ3) is 3.35. The minimum atomic E-state index is 0.199. The van der Waals surface area contributed by atoms with Gasteiger partial charge in [-0.2, -0.15) is 0 Å². The van der Waals surface area contributed by atoms with Crippen molar-refractivity contribution in [2.75, 3.05) is 6.54 Å². The summed E-state index contributed by atoms with van der Waals surface area (Å²) >= 11 is 9.45. The van der Waals surface area contributed by atoms with E-state index in [0.29, 0.717) is 0 Å². The van der Waals surface area contributed by atoms with Crippen LogP contribution in [0.2, 0.25) is 5.02 Å². The largest absolute Gasteiger partial charge is 0.307 e. The fourth-order valence-corrected chi connectivity index (χ4v) is 2.52. The van der Waals surface area contributed by atoms with E-state index in [9.17, 15) is 0 Å². The minimum Gasteiger partial charge on any atom is -0.307 e. The van der Waals surface area contributed by atoms with Crippen LogP contribution in [-0.4, -0.2) is 6.54 Å². The van der Waals surface area contributed by atoms with Crippen LogP contribution in [0.5, 0.6) is 0 Å². The molecule has 1 atom stereocenters. The van der Waals surface area contributed by atoms with Crippen LogP contribution in [0.1, 0.15) is 24.1 Å². The Hall–Kier alpha value is -0.830. The van der Waals surface area contributed by atoms with E-state index in [-0.39, 0.29) is 6.04 Å². The van der Waals surface area contributed by atoms with Gasteiger partial charge in [0.1, 0.15) is 0 Å². The molecule has 0 aromatic heterocycles. The second kappa shape index (κ2) is 6.37. The Balaban J connectivity index is 2.36. The molecule has 0 bridgehead atoms. The highest BCUT2D eigenvalue weighted by molar-refractivity contribution is 9.10. The fraction of sp³-hybridized carbons (Fsp3) is 0.200. The Morgan fingerprint density at radius 1 is 1.11 bits per heavy atom. The van der Waals surface area contributed by atoms with Crippen LogP contribution in [0, 0.1) is 0 Å². The number of nitrogens with one attached hydrogen (secondary N) is 1. The Labute approximate surface area is 121 Å². The number of hydrogen-bond acceptors (Lipinski definition) is 1. The van der Waals surface area contributed by atoms with Gasteiger partial charge in [-0.15, -0.1) is 0 Å². The third-order valence-corrected chi connectivity index (χ3v) is 3.54. The standard InChI is InChI=1S/C15H15BrClN/c1-2-18-15(11-6-8-14(17)9-7-11)12-4-3-5-13(16)10-12/h3-10,15,18H,2H2,1H3. The molecule has 0 aliphatic rings. The van der Waals surface area contributed by atoms with Crippen molar-refractivity contribution in [3.63, 3.8) is 0 Å². The molecule has 1 unspecified atom stereocenters. The van der Waals surface area contributed by atoms with Gasteiger partial charge in [0.2, 0.25) is 0 Å². The number of halogens is 2. The van der Waals surface area contributed by atoms with Gasteiger partial charge in [0.15, 0.2) is 0 Å². The Morgan fingerprint density at radius 2 is 1.83 bits per heavy atom. The predicted molar refractivity (Wildman–Crippen MR) is 81.1 cm³/mol. The van der Waals surface area contributed by atoms with Gasteiger partial charge in [0, 0.05) is 9.50 Å². The molecule has 0 fully saturated rings. The molecule has 1 N–H and O–H groups in total. The van der Waals surface area contributed by atoms with E-state index in [1.165, 1.54) is 11.1 Å². The number of benzene rings is 2. The molecule has 2 rings (SSSR count). The van der Waals surface area contributed by atoms with Gasteiger partial charge < -0.3 is 5.32 Å². The quantitative estimate of drug-likeness (QED) is 0.851. The lowest BCUT2D eigenvalue weighted by atomic mass is 9.99.